The lowest BCUT2D eigenvalue weighted by molar-refractivity contribution is -0.138. The predicted molar refractivity (Wildman–Crippen MR) is 71.6 cm³/mol. The number of hydrogen-bond acceptors (Lipinski definition) is 2. The van der Waals surface area contributed by atoms with Crippen molar-refractivity contribution in [2.75, 3.05) is 0 Å². The van der Waals surface area contributed by atoms with Crippen LogP contribution in [0.5, 0.6) is 0 Å². The summed E-state index contributed by atoms with van der Waals surface area (Å²) in [5, 5.41) is 2.47. The molecule has 0 saturated heterocycles. The number of aromatic nitrogens is 1. The van der Waals surface area contributed by atoms with Crippen molar-refractivity contribution >= 4 is 5.91 Å². The summed E-state index contributed by atoms with van der Waals surface area (Å²) >= 11 is 0. The van der Waals surface area contributed by atoms with Crippen LogP contribution < -0.4 is 5.32 Å². The molecule has 0 saturated carbocycles. The van der Waals surface area contributed by atoms with Crippen molar-refractivity contribution in [3.63, 3.8) is 0 Å². The van der Waals surface area contributed by atoms with Gasteiger partial charge in [-0.3, -0.25) is 9.78 Å². The molecule has 1 aromatic carbocycles. The van der Waals surface area contributed by atoms with Crippen LogP contribution in [0.4, 0.5) is 13.2 Å². The number of carbonyl (C=O) groups is 1. The van der Waals surface area contributed by atoms with Crippen molar-refractivity contribution in [3.8, 4) is 0 Å². The summed E-state index contributed by atoms with van der Waals surface area (Å²) in [6.07, 6.45) is -2.65. The third-order valence-corrected chi connectivity index (χ3v) is 2.94. The molecular formula is C15H13F3N2O. The first kappa shape index (κ1) is 15.0. The van der Waals surface area contributed by atoms with E-state index in [1.165, 1.54) is 0 Å². The summed E-state index contributed by atoms with van der Waals surface area (Å²) in [6.45, 7) is 2.08. The Labute approximate surface area is 119 Å². The van der Waals surface area contributed by atoms with Crippen molar-refractivity contribution in [1.29, 1.82) is 0 Å². The van der Waals surface area contributed by atoms with Gasteiger partial charge in [0.15, 0.2) is 0 Å². The van der Waals surface area contributed by atoms with E-state index in [-0.39, 0.29) is 6.54 Å². The second-order valence-electron chi connectivity index (χ2n) is 4.59. The number of amides is 1. The molecule has 1 heterocycles. The third kappa shape index (κ3) is 3.81. The highest BCUT2D eigenvalue weighted by Gasteiger charge is 2.35. The van der Waals surface area contributed by atoms with Crippen molar-refractivity contribution in [2.24, 2.45) is 0 Å². The van der Waals surface area contributed by atoms with E-state index < -0.39 is 23.2 Å². The molecule has 110 valence electrons. The molecule has 0 radical (unpaired) electrons. The highest BCUT2D eigenvalue weighted by Crippen LogP contribution is 2.31. The van der Waals surface area contributed by atoms with Gasteiger partial charge in [0.05, 0.1) is 11.1 Å². The lowest BCUT2D eigenvalue weighted by atomic mass is 10.1. The number of nitrogens with zero attached hydrogens (tertiary/aromatic N) is 1. The van der Waals surface area contributed by atoms with Crippen molar-refractivity contribution in [3.05, 3.63) is 65.0 Å². The van der Waals surface area contributed by atoms with Crippen LogP contribution in [-0.4, -0.2) is 10.9 Å². The first-order valence-corrected chi connectivity index (χ1v) is 6.23. The van der Waals surface area contributed by atoms with Gasteiger partial charge in [0.1, 0.15) is 0 Å². The highest BCUT2D eigenvalue weighted by atomic mass is 19.4. The van der Waals surface area contributed by atoms with E-state index in [0.29, 0.717) is 0 Å². The molecule has 0 spiro atoms. The predicted octanol–water partition coefficient (Wildman–Crippen LogP) is 3.34. The zero-order chi connectivity index (χ0) is 15.5. The van der Waals surface area contributed by atoms with Crippen LogP contribution in [-0.2, 0) is 12.7 Å². The lowest BCUT2D eigenvalue weighted by Crippen LogP contribution is -2.26. The Bertz CT molecular complexity index is 636. The van der Waals surface area contributed by atoms with Crippen LogP contribution in [0.3, 0.4) is 0 Å². The van der Waals surface area contributed by atoms with Gasteiger partial charge in [-0.2, -0.15) is 13.2 Å². The summed E-state index contributed by atoms with van der Waals surface area (Å²) in [4.78, 5) is 15.5. The first-order chi connectivity index (χ1) is 9.88. The molecule has 3 nitrogen and oxygen atoms in total. The Kier molecular flexibility index (Phi) is 4.26. The molecule has 1 amide bonds. The van der Waals surface area contributed by atoms with E-state index in [9.17, 15) is 18.0 Å². The smallest absolute Gasteiger partial charge is 0.348 e. The molecule has 2 aromatic rings. The van der Waals surface area contributed by atoms with Gasteiger partial charge in [0.2, 0.25) is 0 Å². The molecule has 2 rings (SSSR count). The quantitative estimate of drug-likeness (QED) is 0.943. The number of halogens is 3. The average Bonchev–Trinajstić information content (AvgIpc) is 2.45. The molecule has 0 fully saturated rings. The Hall–Kier alpha value is -2.37. The van der Waals surface area contributed by atoms with Gasteiger partial charge in [0.25, 0.3) is 5.91 Å². The zero-order valence-electron chi connectivity index (χ0n) is 11.2. The molecule has 21 heavy (non-hydrogen) atoms. The van der Waals surface area contributed by atoms with Crippen LogP contribution in [0.25, 0.3) is 0 Å². The Balaban J connectivity index is 2.12. The summed E-state index contributed by atoms with van der Waals surface area (Å²) in [7, 11) is 0. The lowest BCUT2D eigenvalue weighted by Gasteiger charge is -2.12. The number of rotatable bonds is 3. The average molecular weight is 294 g/mol. The standard InChI is InChI=1S/C15H13F3N2O/c1-10-2-4-11(5-3-10)8-20-14(21)12-9-19-7-6-13(12)15(16,17)18/h2-7,9H,8H2,1H3,(H,20,21). The van der Waals surface area contributed by atoms with Crippen LogP contribution >= 0.6 is 0 Å². The number of benzene rings is 1. The molecule has 0 bridgehead atoms. The minimum absolute atomic E-state index is 0.158. The fourth-order valence-electron chi connectivity index (χ4n) is 1.81. The van der Waals surface area contributed by atoms with Gasteiger partial charge < -0.3 is 5.32 Å². The van der Waals surface area contributed by atoms with Crippen molar-refractivity contribution in [1.82, 2.24) is 10.3 Å². The molecule has 1 aromatic heterocycles. The van der Waals surface area contributed by atoms with Crippen LogP contribution in [0.15, 0.2) is 42.7 Å². The highest BCUT2D eigenvalue weighted by molar-refractivity contribution is 5.95. The summed E-state index contributed by atoms with van der Waals surface area (Å²) < 4.78 is 38.4. The number of aryl methyl sites for hydroxylation is 1. The number of pyridine rings is 1. The summed E-state index contributed by atoms with van der Waals surface area (Å²) in [6, 6.07) is 8.15. The SMILES string of the molecule is Cc1ccc(CNC(=O)c2cnccc2C(F)(F)F)cc1. The van der Waals surface area contributed by atoms with Crippen LogP contribution in [0.1, 0.15) is 27.0 Å². The second-order valence-corrected chi connectivity index (χ2v) is 4.59. The third-order valence-electron chi connectivity index (χ3n) is 2.94. The van der Waals surface area contributed by atoms with E-state index in [2.05, 4.69) is 10.3 Å². The van der Waals surface area contributed by atoms with Crippen molar-refractivity contribution in [2.45, 2.75) is 19.6 Å². The van der Waals surface area contributed by atoms with E-state index in [4.69, 9.17) is 0 Å². The van der Waals surface area contributed by atoms with Gasteiger partial charge in [-0.15, -0.1) is 0 Å². The van der Waals surface area contributed by atoms with E-state index in [0.717, 1.165) is 29.6 Å². The maximum absolute atomic E-state index is 12.8. The summed E-state index contributed by atoms with van der Waals surface area (Å²) in [5.41, 5.74) is 0.416. The topological polar surface area (TPSA) is 42.0 Å². The fraction of sp³-hybridized carbons (Fsp3) is 0.200. The zero-order valence-corrected chi connectivity index (χ0v) is 11.2. The largest absolute Gasteiger partial charge is 0.417 e. The van der Waals surface area contributed by atoms with Gasteiger partial charge in [-0.1, -0.05) is 29.8 Å². The van der Waals surface area contributed by atoms with Gasteiger partial charge in [-0.05, 0) is 18.6 Å². The first-order valence-electron chi connectivity index (χ1n) is 6.23. The van der Waals surface area contributed by atoms with Gasteiger partial charge in [-0.25, -0.2) is 0 Å². The number of alkyl halides is 3. The monoisotopic (exact) mass is 294 g/mol. The summed E-state index contributed by atoms with van der Waals surface area (Å²) in [5.74, 6) is -0.795. The molecule has 0 aliphatic rings. The minimum atomic E-state index is -4.58. The molecule has 0 atom stereocenters. The van der Waals surface area contributed by atoms with E-state index >= 15 is 0 Å². The van der Waals surface area contributed by atoms with Gasteiger partial charge in [0, 0.05) is 18.9 Å². The molecule has 6 heteroatoms. The second kappa shape index (κ2) is 5.95. The van der Waals surface area contributed by atoms with Gasteiger partial charge >= 0.3 is 6.18 Å². The fourth-order valence-corrected chi connectivity index (χ4v) is 1.81. The number of carbonyl (C=O) groups excluding carboxylic acids is 1. The van der Waals surface area contributed by atoms with Crippen LogP contribution in [0, 0.1) is 6.92 Å². The van der Waals surface area contributed by atoms with Crippen LogP contribution in [0.2, 0.25) is 0 Å². The molecule has 0 aliphatic heterocycles. The normalized spacial score (nSPS) is 11.2. The Morgan fingerprint density at radius 3 is 2.48 bits per heavy atom. The van der Waals surface area contributed by atoms with E-state index in [1.807, 2.05) is 31.2 Å². The maximum atomic E-state index is 12.8. The maximum Gasteiger partial charge on any atom is 0.417 e. The molecule has 1 N–H and O–H groups in total. The Morgan fingerprint density at radius 1 is 1.19 bits per heavy atom. The molecule has 0 aliphatic carbocycles. The number of nitrogens with one attached hydrogen (secondary N) is 1. The minimum Gasteiger partial charge on any atom is -0.348 e. The molecular weight excluding hydrogens is 281 g/mol. The molecule has 0 unspecified atom stereocenters. The Morgan fingerprint density at radius 2 is 1.86 bits per heavy atom. The van der Waals surface area contributed by atoms with Crippen molar-refractivity contribution < 1.29 is 18.0 Å². The van der Waals surface area contributed by atoms with E-state index in [1.54, 1.807) is 0 Å². The number of hydrogen-bond donors (Lipinski definition) is 1.